The summed E-state index contributed by atoms with van der Waals surface area (Å²) in [6.07, 6.45) is 1.18. The average molecular weight is 255 g/mol. The number of rotatable bonds is 7. The number of nitrogens with one attached hydrogen (secondary N) is 2. The maximum absolute atomic E-state index is 5.93. The molecule has 1 aromatic rings. The van der Waals surface area contributed by atoms with Crippen LogP contribution in [0.1, 0.15) is 31.4 Å². The second kappa shape index (κ2) is 7.70. The number of hydrogen-bond acceptors (Lipinski definition) is 2. The Bertz CT molecular complexity index is 339. The summed E-state index contributed by atoms with van der Waals surface area (Å²) >= 11 is 5.93. The van der Waals surface area contributed by atoms with E-state index in [1.165, 1.54) is 17.5 Å². The molecule has 0 spiro atoms. The maximum atomic E-state index is 5.93. The molecule has 1 atom stereocenters. The molecule has 1 aromatic carbocycles. The van der Waals surface area contributed by atoms with Gasteiger partial charge in [-0.25, -0.2) is 0 Å². The summed E-state index contributed by atoms with van der Waals surface area (Å²) in [5, 5.41) is 7.73. The Morgan fingerprint density at radius 1 is 1.35 bits per heavy atom. The third-order valence-electron chi connectivity index (χ3n) is 2.82. The molecule has 0 fully saturated rings. The lowest BCUT2D eigenvalue weighted by molar-refractivity contribution is 0.500. The summed E-state index contributed by atoms with van der Waals surface area (Å²) in [6, 6.07) is 6.54. The number of hydrogen-bond donors (Lipinski definition) is 2. The highest BCUT2D eigenvalue weighted by atomic mass is 35.5. The van der Waals surface area contributed by atoms with Crippen LogP contribution in [-0.4, -0.2) is 19.1 Å². The van der Waals surface area contributed by atoms with Crippen molar-refractivity contribution in [2.75, 3.05) is 13.1 Å². The molecule has 0 heterocycles. The predicted octanol–water partition coefficient (Wildman–Crippen LogP) is 3.13. The molecule has 0 bridgehead atoms. The number of benzene rings is 1. The van der Waals surface area contributed by atoms with Crippen molar-refractivity contribution < 1.29 is 0 Å². The van der Waals surface area contributed by atoms with Crippen molar-refractivity contribution >= 4 is 11.6 Å². The molecule has 2 N–H and O–H groups in total. The van der Waals surface area contributed by atoms with Crippen molar-refractivity contribution in [1.29, 1.82) is 0 Å². The van der Waals surface area contributed by atoms with Gasteiger partial charge in [-0.3, -0.25) is 0 Å². The Balaban J connectivity index is 2.34. The van der Waals surface area contributed by atoms with Crippen molar-refractivity contribution in [2.45, 2.75) is 39.8 Å². The first-order valence-electron chi connectivity index (χ1n) is 6.32. The van der Waals surface area contributed by atoms with Crippen LogP contribution in [0, 0.1) is 6.92 Å². The third-order valence-corrected chi connectivity index (χ3v) is 3.06. The molecule has 3 heteroatoms. The van der Waals surface area contributed by atoms with Crippen LogP contribution in [0.25, 0.3) is 0 Å². The molecular formula is C14H23ClN2. The molecule has 0 saturated carbocycles. The molecule has 0 saturated heterocycles. The van der Waals surface area contributed by atoms with Crippen molar-refractivity contribution in [2.24, 2.45) is 0 Å². The van der Waals surface area contributed by atoms with Crippen LogP contribution in [0.15, 0.2) is 18.2 Å². The van der Waals surface area contributed by atoms with E-state index in [0.29, 0.717) is 6.04 Å². The zero-order valence-corrected chi connectivity index (χ0v) is 11.8. The van der Waals surface area contributed by atoms with Gasteiger partial charge in [-0.05, 0) is 50.1 Å². The van der Waals surface area contributed by atoms with E-state index in [1.54, 1.807) is 0 Å². The minimum absolute atomic E-state index is 0.483. The average Bonchev–Trinajstić information content (AvgIpc) is 2.28. The molecule has 1 rings (SSSR count). The molecule has 1 unspecified atom stereocenters. The van der Waals surface area contributed by atoms with Crippen LogP contribution < -0.4 is 10.6 Å². The molecule has 17 heavy (non-hydrogen) atoms. The van der Waals surface area contributed by atoms with E-state index in [9.17, 15) is 0 Å². The first kappa shape index (κ1) is 14.5. The molecular weight excluding hydrogens is 232 g/mol. The van der Waals surface area contributed by atoms with E-state index < -0.39 is 0 Å². The highest BCUT2D eigenvalue weighted by molar-refractivity contribution is 6.30. The first-order chi connectivity index (χ1) is 8.13. The van der Waals surface area contributed by atoms with Gasteiger partial charge in [0, 0.05) is 24.2 Å². The fraction of sp³-hybridized carbons (Fsp3) is 0.571. The largest absolute Gasteiger partial charge is 0.315 e. The molecule has 0 aliphatic rings. The van der Waals surface area contributed by atoms with Gasteiger partial charge < -0.3 is 10.6 Å². The van der Waals surface area contributed by atoms with Gasteiger partial charge in [-0.15, -0.1) is 0 Å². The van der Waals surface area contributed by atoms with Gasteiger partial charge in [-0.1, -0.05) is 24.6 Å². The van der Waals surface area contributed by atoms with E-state index in [1.807, 2.05) is 12.1 Å². The smallest absolute Gasteiger partial charge is 0.0408 e. The zero-order valence-electron chi connectivity index (χ0n) is 11.0. The molecule has 0 radical (unpaired) electrons. The van der Waals surface area contributed by atoms with Crippen molar-refractivity contribution in [3.8, 4) is 0 Å². The fourth-order valence-electron chi connectivity index (χ4n) is 1.71. The Kier molecular flexibility index (Phi) is 6.56. The second-order valence-electron chi connectivity index (χ2n) is 4.56. The molecule has 2 nitrogen and oxygen atoms in total. The van der Waals surface area contributed by atoms with E-state index in [2.05, 4.69) is 37.5 Å². The quantitative estimate of drug-likeness (QED) is 0.731. The fourth-order valence-corrected chi connectivity index (χ4v) is 1.94. The van der Waals surface area contributed by atoms with Crippen LogP contribution in [0.2, 0.25) is 5.02 Å². The van der Waals surface area contributed by atoms with Gasteiger partial charge in [0.2, 0.25) is 0 Å². The minimum Gasteiger partial charge on any atom is -0.315 e. The van der Waals surface area contributed by atoms with E-state index >= 15 is 0 Å². The van der Waals surface area contributed by atoms with Crippen LogP contribution in [0.4, 0.5) is 0 Å². The van der Waals surface area contributed by atoms with Gasteiger partial charge in [0.05, 0.1) is 0 Å². The maximum Gasteiger partial charge on any atom is 0.0408 e. The SMILES string of the molecule is CCCNCC(C)NCc1ccc(Cl)cc1C. The van der Waals surface area contributed by atoms with Gasteiger partial charge in [-0.2, -0.15) is 0 Å². The second-order valence-corrected chi connectivity index (χ2v) is 4.99. The highest BCUT2D eigenvalue weighted by Gasteiger charge is 2.03. The topological polar surface area (TPSA) is 24.1 Å². The van der Waals surface area contributed by atoms with E-state index in [4.69, 9.17) is 11.6 Å². The molecule has 96 valence electrons. The van der Waals surface area contributed by atoms with Crippen LogP contribution in [-0.2, 0) is 6.54 Å². The van der Waals surface area contributed by atoms with Gasteiger partial charge in [0.15, 0.2) is 0 Å². The summed E-state index contributed by atoms with van der Waals surface area (Å²) in [4.78, 5) is 0. The molecule has 0 aromatic heterocycles. The summed E-state index contributed by atoms with van der Waals surface area (Å²) < 4.78 is 0. The standard InChI is InChI=1S/C14H23ClN2/c1-4-7-16-9-12(3)17-10-13-5-6-14(15)8-11(13)2/h5-6,8,12,16-17H,4,7,9-10H2,1-3H3. The predicted molar refractivity (Wildman–Crippen MR) is 75.7 cm³/mol. The summed E-state index contributed by atoms with van der Waals surface area (Å²) in [6.45, 7) is 9.49. The van der Waals surface area contributed by atoms with Crippen LogP contribution >= 0.6 is 11.6 Å². The number of halogens is 1. The lowest BCUT2D eigenvalue weighted by atomic mass is 10.1. The number of aryl methyl sites for hydroxylation is 1. The summed E-state index contributed by atoms with van der Waals surface area (Å²) in [7, 11) is 0. The Morgan fingerprint density at radius 3 is 2.76 bits per heavy atom. The van der Waals surface area contributed by atoms with Crippen molar-refractivity contribution in [3.05, 3.63) is 34.3 Å². The summed E-state index contributed by atoms with van der Waals surface area (Å²) in [5.74, 6) is 0. The zero-order chi connectivity index (χ0) is 12.7. The van der Waals surface area contributed by atoms with E-state index in [-0.39, 0.29) is 0 Å². The normalized spacial score (nSPS) is 12.7. The van der Waals surface area contributed by atoms with Gasteiger partial charge in [0.1, 0.15) is 0 Å². The van der Waals surface area contributed by atoms with E-state index in [0.717, 1.165) is 24.7 Å². The van der Waals surface area contributed by atoms with Crippen molar-refractivity contribution in [3.63, 3.8) is 0 Å². The van der Waals surface area contributed by atoms with Gasteiger partial charge in [0.25, 0.3) is 0 Å². The monoisotopic (exact) mass is 254 g/mol. The van der Waals surface area contributed by atoms with Crippen molar-refractivity contribution in [1.82, 2.24) is 10.6 Å². The highest BCUT2D eigenvalue weighted by Crippen LogP contribution is 2.14. The molecule has 0 amide bonds. The summed E-state index contributed by atoms with van der Waals surface area (Å²) in [5.41, 5.74) is 2.57. The molecule has 0 aliphatic heterocycles. The molecule has 0 aliphatic carbocycles. The Labute approximate surface area is 110 Å². The Hall–Kier alpha value is -0.570. The van der Waals surface area contributed by atoms with Crippen LogP contribution in [0.3, 0.4) is 0 Å². The Morgan fingerprint density at radius 2 is 2.12 bits per heavy atom. The third kappa shape index (κ3) is 5.53. The van der Waals surface area contributed by atoms with Crippen LogP contribution in [0.5, 0.6) is 0 Å². The lowest BCUT2D eigenvalue weighted by Gasteiger charge is -2.15. The minimum atomic E-state index is 0.483. The van der Waals surface area contributed by atoms with Gasteiger partial charge >= 0.3 is 0 Å². The lowest BCUT2D eigenvalue weighted by Crippen LogP contribution is -2.36. The first-order valence-corrected chi connectivity index (χ1v) is 6.70.